The number of nitro groups is 1. The molecule has 0 aromatic heterocycles. The number of non-ortho nitro benzene ring substituents is 1. The van der Waals surface area contributed by atoms with E-state index in [2.05, 4.69) is 0 Å². The lowest BCUT2D eigenvalue weighted by molar-refractivity contribution is -0.384. The Hall–Kier alpha value is -3.92. The first-order valence-electron chi connectivity index (χ1n) is 8.10. The molecule has 0 spiro atoms. The molecule has 0 aliphatic carbocycles. The number of nitrogens with zero attached hydrogens (tertiary/aromatic N) is 2. The summed E-state index contributed by atoms with van der Waals surface area (Å²) in [5.74, 6) is 0.127. The Labute approximate surface area is 154 Å². The van der Waals surface area contributed by atoms with Crippen LogP contribution in [0.5, 0.6) is 5.75 Å². The Kier molecular flexibility index (Phi) is 4.99. The van der Waals surface area contributed by atoms with E-state index in [0.717, 1.165) is 0 Å². The van der Waals surface area contributed by atoms with Crippen LogP contribution in [0.3, 0.4) is 0 Å². The third-order valence-corrected chi connectivity index (χ3v) is 3.90. The normalized spacial score (nSPS) is 14.1. The Balaban J connectivity index is 2.14. The number of fused-ring (bicyclic) bond motifs is 1. The highest BCUT2D eigenvalue weighted by atomic mass is 16.6. The van der Waals surface area contributed by atoms with Crippen LogP contribution in [0.25, 0.3) is 11.3 Å². The molecule has 0 N–H and O–H groups in total. The SMILES string of the molecule is CCOC(=O)/C(C#N)=C1\C=C(c2ccc([N+](=O)[O-])cc2)Oc2ccccc21. The summed E-state index contributed by atoms with van der Waals surface area (Å²) < 4.78 is 10.9. The molecule has 0 saturated heterocycles. The number of nitriles is 1. The van der Waals surface area contributed by atoms with Gasteiger partial charge in [-0.15, -0.1) is 0 Å². The number of hydrogen-bond donors (Lipinski definition) is 0. The fourth-order valence-corrected chi connectivity index (χ4v) is 2.65. The fourth-order valence-electron chi connectivity index (χ4n) is 2.65. The van der Waals surface area contributed by atoms with Crippen molar-refractivity contribution in [2.75, 3.05) is 6.61 Å². The average Bonchev–Trinajstić information content (AvgIpc) is 2.68. The van der Waals surface area contributed by atoms with Gasteiger partial charge in [0.1, 0.15) is 23.2 Å². The van der Waals surface area contributed by atoms with Crippen molar-refractivity contribution in [2.45, 2.75) is 6.92 Å². The maximum Gasteiger partial charge on any atom is 0.349 e. The van der Waals surface area contributed by atoms with E-state index in [1.165, 1.54) is 12.1 Å². The molecule has 134 valence electrons. The number of nitro benzene ring substituents is 1. The third kappa shape index (κ3) is 3.55. The zero-order valence-corrected chi connectivity index (χ0v) is 14.3. The summed E-state index contributed by atoms with van der Waals surface area (Å²) in [6, 6.07) is 14.7. The Morgan fingerprint density at radius 1 is 1.22 bits per heavy atom. The van der Waals surface area contributed by atoms with Gasteiger partial charge in [-0.1, -0.05) is 18.2 Å². The number of carbonyl (C=O) groups is 1. The van der Waals surface area contributed by atoms with E-state index in [4.69, 9.17) is 9.47 Å². The molecule has 3 rings (SSSR count). The van der Waals surface area contributed by atoms with Crippen molar-refractivity contribution in [3.63, 3.8) is 0 Å². The molecule has 0 saturated carbocycles. The van der Waals surface area contributed by atoms with Gasteiger partial charge in [0.25, 0.3) is 5.69 Å². The van der Waals surface area contributed by atoms with Gasteiger partial charge in [0.15, 0.2) is 0 Å². The lowest BCUT2D eigenvalue weighted by Gasteiger charge is -2.21. The topological polar surface area (TPSA) is 102 Å². The van der Waals surface area contributed by atoms with Gasteiger partial charge < -0.3 is 9.47 Å². The standard InChI is InChI=1S/C20H14N2O5/c1-2-26-20(23)17(12-21)16-11-19(27-18-6-4-3-5-15(16)18)13-7-9-14(10-8-13)22(24)25/h3-11H,2H2,1H3/b17-16+. The number of ether oxygens (including phenoxy) is 2. The molecule has 0 unspecified atom stereocenters. The fraction of sp³-hybridized carbons (Fsp3) is 0.100. The second-order valence-electron chi connectivity index (χ2n) is 5.53. The largest absolute Gasteiger partial charge is 0.462 e. The maximum atomic E-state index is 12.2. The van der Waals surface area contributed by atoms with Crippen molar-refractivity contribution in [3.05, 3.63) is 81.4 Å². The van der Waals surface area contributed by atoms with E-state index in [0.29, 0.717) is 28.2 Å². The van der Waals surface area contributed by atoms with Crippen LogP contribution >= 0.6 is 0 Å². The van der Waals surface area contributed by atoms with Crippen LogP contribution < -0.4 is 4.74 Å². The van der Waals surface area contributed by atoms with E-state index in [-0.39, 0.29) is 17.9 Å². The Morgan fingerprint density at radius 2 is 1.93 bits per heavy atom. The number of allylic oxidation sites excluding steroid dienone is 2. The average molecular weight is 362 g/mol. The molecular weight excluding hydrogens is 348 g/mol. The number of para-hydroxylation sites is 1. The predicted molar refractivity (Wildman–Crippen MR) is 97.3 cm³/mol. The van der Waals surface area contributed by atoms with Gasteiger partial charge in [-0.2, -0.15) is 5.26 Å². The molecule has 0 radical (unpaired) electrons. The van der Waals surface area contributed by atoms with Crippen molar-refractivity contribution in [3.8, 4) is 11.8 Å². The number of hydrogen-bond acceptors (Lipinski definition) is 6. The maximum absolute atomic E-state index is 12.2. The van der Waals surface area contributed by atoms with Crippen LogP contribution in [0, 0.1) is 21.4 Å². The molecule has 2 aromatic rings. The van der Waals surface area contributed by atoms with Gasteiger partial charge in [0.2, 0.25) is 0 Å². The monoisotopic (exact) mass is 362 g/mol. The molecule has 27 heavy (non-hydrogen) atoms. The van der Waals surface area contributed by atoms with Gasteiger partial charge >= 0.3 is 5.97 Å². The molecule has 0 atom stereocenters. The summed E-state index contributed by atoms with van der Waals surface area (Å²) in [6.07, 6.45) is 1.57. The molecule has 0 bridgehead atoms. The minimum Gasteiger partial charge on any atom is -0.462 e. The van der Waals surface area contributed by atoms with Crippen molar-refractivity contribution in [1.29, 1.82) is 5.26 Å². The van der Waals surface area contributed by atoms with E-state index in [1.54, 1.807) is 49.4 Å². The number of rotatable bonds is 4. The first kappa shape index (κ1) is 17.9. The first-order chi connectivity index (χ1) is 13.0. The molecule has 0 amide bonds. The summed E-state index contributed by atoms with van der Waals surface area (Å²) >= 11 is 0. The highest BCUT2D eigenvalue weighted by molar-refractivity contribution is 6.06. The lowest BCUT2D eigenvalue weighted by Crippen LogP contribution is -2.11. The van der Waals surface area contributed by atoms with Crippen LogP contribution in [-0.2, 0) is 9.53 Å². The van der Waals surface area contributed by atoms with Gasteiger partial charge in [-0.05, 0) is 31.2 Å². The molecule has 7 heteroatoms. The van der Waals surface area contributed by atoms with E-state index >= 15 is 0 Å². The highest BCUT2D eigenvalue weighted by Crippen LogP contribution is 2.38. The molecule has 1 aliphatic rings. The second kappa shape index (κ2) is 7.54. The molecule has 0 fully saturated rings. The predicted octanol–water partition coefficient (Wildman–Crippen LogP) is 3.87. The molecule has 2 aromatic carbocycles. The zero-order chi connectivity index (χ0) is 19.4. The Morgan fingerprint density at radius 3 is 2.56 bits per heavy atom. The first-order valence-corrected chi connectivity index (χ1v) is 8.10. The van der Waals surface area contributed by atoms with Crippen molar-refractivity contribution < 1.29 is 19.2 Å². The minimum absolute atomic E-state index is 0.0458. The highest BCUT2D eigenvalue weighted by Gasteiger charge is 2.24. The number of esters is 1. The van der Waals surface area contributed by atoms with Crippen LogP contribution in [0.2, 0.25) is 0 Å². The Bertz CT molecular complexity index is 1010. The van der Waals surface area contributed by atoms with E-state index in [9.17, 15) is 20.2 Å². The van der Waals surface area contributed by atoms with Gasteiger partial charge in [-0.3, -0.25) is 10.1 Å². The second-order valence-corrected chi connectivity index (χ2v) is 5.53. The number of carbonyl (C=O) groups excluding carboxylic acids is 1. The van der Waals surface area contributed by atoms with Crippen LogP contribution in [-0.4, -0.2) is 17.5 Å². The molecular formula is C20H14N2O5. The molecule has 7 nitrogen and oxygen atoms in total. The van der Waals surface area contributed by atoms with Gasteiger partial charge in [0, 0.05) is 28.8 Å². The van der Waals surface area contributed by atoms with Gasteiger partial charge in [0.05, 0.1) is 11.5 Å². The summed E-state index contributed by atoms with van der Waals surface area (Å²) in [7, 11) is 0. The summed E-state index contributed by atoms with van der Waals surface area (Å²) in [5.41, 5.74) is 1.37. The smallest absolute Gasteiger partial charge is 0.349 e. The summed E-state index contributed by atoms with van der Waals surface area (Å²) in [5, 5.41) is 20.3. The number of benzene rings is 2. The van der Waals surface area contributed by atoms with Crippen molar-refractivity contribution >= 4 is 23.0 Å². The van der Waals surface area contributed by atoms with Crippen LogP contribution in [0.1, 0.15) is 18.1 Å². The van der Waals surface area contributed by atoms with E-state index < -0.39 is 10.9 Å². The zero-order valence-electron chi connectivity index (χ0n) is 14.3. The van der Waals surface area contributed by atoms with Gasteiger partial charge in [-0.25, -0.2) is 4.79 Å². The van der Waals surface area contributed by atoms with Crippen LogP contribution in [0.15, 0.2) is 60.2 Å². The summed E-state index contributed by atoms with van der Waals surface area (Å²) in [4.78, 5) is 22.5. The van der Waals surface area contributed by atoms with Crippen molar-refractivity contribution in [2.24, 2.45) is 0 Å². The quantitative estimate of drug-likeness (QED) is 0.269. The lowest BCUT2D eigenvalue weighted by atomic mass is 9.95. The van der Waals surface area contributed by atoms with E-state index in [1.807, 2.05) is 6.07 Å². The van der Waals surface area contributed by atoms with Crippen LogP contribution in [0.4, 0.5) is 5.69 Å². The van der Waals surface area contributed by atoms with Crippen molar-refractivity contribution in [1.82, 2.24) is 0 Å². The molecule has 1 heterocycles. The minimum atomic E-state index is -0.717. The third-order valence-electron chi connectivity index (χ3n) is 3.90. The summed E-state index contributed by atoms with van der Waals surface area (Å²) in [6.45, 7) is 1.81. The molecule has 1 aliphatic heterocycles.